The number of anilines is 1. The van der Waals surface area contributed by atoms with E-state index in [4.69, 9.17) is 10.5 Å². The summed E-state index contributed by atoms with van der Waals surface area (Å²) in [5, 5.41) is 5.66. The molecule has 30 heavy (non-hydrogen) atoms. The van der Waals surface area contributed by atoms with Crippen LogP contribution in [-0.2, 0) is 9.59 Å². The van der Waals surface area contributed by atoms with Gasteiger partial charge in [-0.05, 0) is 42.0 Å². The van der Waals surface area contributed by atoms with E-state index in [1.807, 2.05) is 12.1 Å². The molecule has 0 bridgehead atoms. The first-order valence-electron chi connectivity index (χ1n) is 10.1. The number of hydrogen-bond acceptors (Lipinski definition) is 4. The van der Waals surface area contributed by atoms with Crippen LogP contribution in [0.15, 0.2) is 48.5 Å². The van der Waals surface area contributed by atoms with Crippen molar-refractivity contribution in [3.63, 3.8) is 0 Å². The minimum absolute atomic E-state index is 0. The lowest BCUT2D eigenvalue weighted by molar-refractivity contribution is -0.123. The minimum atomic E-state index is -0.277. The van der Waals surface area contributed by atoms with E-state index in [2.05, 4.69) is 36.6 Å². The normalized spacial score (nSPS) is 13.9. The van der Waals surface area contributed by atoms with Gasteiger partial charge in [0.25, 0.3) is 5.91 Å². The Morgan fingerprint density at radius 2 is 1.77 bits per heavy atom. The van der Waals surface area contributed by atoms with Crippen molar-refractivity contribution in [3.05, 3.63) is 59.7 Å². The first kappa shape index (κ1) is 23.7. The SMILES string of the molecule is CC(C)c1ccc(C(N)CNC(=O)COc2cccc(NC(=O)C3CC3)c2)cc1.Cl. The molecule has 0 heterocycles. The quantitative estimate of drug-likeness (QED) is 0.563. The average molecular weight is 432 g/mol. The molecule has 1 fully saturated rings. The summed E-state index contributed by atoms with van der Waals surface area (Å²) in [6, 6.07) is 14.9. The van der Waals surface area contributed by atoms with Crippen molar-refractivity contribution >= 4 is 29.9 Å². The van der Waals surface area contributed by atoms with Gasteiger partial charge in [0.1, 0.15) is 5.75 Å². The number of rotatable bonds is 9. The van der Waals surface area contributed by atoms with E-state index in [1.165, 1.54) is 5.56 Å². The largest absolute Gasteiger partial charge is 0.484 e. The number of nitrogens with one attached hydrogen (secondary N) is 2. The van der Waals surface area contributed by atoms with E-state index in [9.17, 15) is 9.59 Å². The molecular weight excluding hydrogens is 402 g/mol. The lowest BCUT2D eigenvalue weighted by atomic mass is 9.99. The predicted octanol–water partition coefficient (Wildman–Crippen LogP) is 3.78. The van der Waals surface area contributed by atoms with Gasteiger partial charge in [-0.2, -0.15) is 0 Å². The van der Waals surface area contributed by atoms with Crippen LogP contribution in [0, 0.1) is 5.92 Å². The van der Waals surface area contributed by atoms with Crippen LogP contribution in [0.4, 0.5) is 5.69 Å². The van der Waals surface area contributed by atoms with Crippen LogP contribution >= 0.6 is 12.4 Å². The molecule has 7 heteroatoms. The highest BCUT2D eigenvalue weighted by molar-refractivity contribution is 5.94. The van der Waals surface area contributed by atoms with Crippen molar-refractivity contribution in [1.29, 1.82) is 0 Å². The van der Waals surface area contributed by atoms with Gasteiger partial charge >= 0.3 is 0 Å². The third kappa shape index (κ3) is 7.04. The molecule has 4 N–H and O–H groups in total. The second-order valence-corrected chi connectivity index (χ2v) is 7.81. The second-order valence-electron chi connectivity index (χ2n) is 7.81. The van der Waals surface area contributed by atoms with Crippen molar-refractivity contribution in [2.75, 3.05) is 18.5 Å². The highest BCUT2D eigenvalue weighted by Crippen LogP contribution is 2.30. The zero-order chi connectivity index (χ0) is 20.8. The summed E-state index contributed by atoms with van der Waals surface area (Å²) in [5.41, 5.74) is 9.09. The Labute approximate surface area is 184 Å². The molecule has 2 aromatic rings. The third-order valence-corrected chi connectivity index (χ3v) is 4.97. The second kappa shape index (κ2) is 11.0. The number of benzene rings is 2. The molecule has 1 saturated carbocycles. The predicted molar refractivity (Wildman–Crippen MR) is 121 cm³/mol. The molecule has 1 aliphatic carbocycles. The van der Waals surface area contributed by atoms with Crippen LogP contribution in [0.1, 0.15) is 49.8 Å². The van der Waals surface area contributed by atoms with Gasteiger partial charge in [0.05, 0.1) is 0 Å². The van der Waals surface area contributed by atoms with Gasteiger partial charge in [-0.1, -0.05) is 44.2 Å². The molecule has 0 saturated heterocycles. The van der Waals surface area contributed by atoms with Crippen LogP contribution in [0.3, 0.4) is 0 Å². The summed E-state index contributed by atoms with van der Waals surface area (Å²) in [7, 11) is 0. The topological polar surface area (TPSA) is 93.4 Å². The number of amides is 2. The molecular formula is C23H30ClN3O3. The van der Waals surface area contributed by atoms with Gasteiger partial charge in [0, 0.05) is 30.3 Å². The number of carbonyl (C=O) groups is 2. The summed E-state index contributed by atoms with van der Waals surface area (Å²) < 4.78 is 5.54. The molecule has 1 atom stereocenters. The molecule has 1 aliphatic rings. The molecule has 3 rings (SSSR count). The molecule has 162 valence electrons. The lowest BCUT2D eigenvalue weighted by Gasteiger charge is -2.15. The van der Waals surface area contributed by atoms with Gasteiger partial charge in [-0.25, -0.2) is 0 Å². The van der Waals surface area contributed by atoms with Crippen molar-refractivity contribution in [2.45, 2.75) is 38.6 Å². The zero-order valence-corrected chi connectivity index (χ0v) is 18.2. The van der Waals surface area contributed by atoms with Crippen LogP contribution in [-0.4, -0.2) is 25.0 Å². The van der Waals surface area contributed by atoms with Gasteiger partial charge in [-0.15, -0.1) is 12.4 Å². The monoisotopic (exact) mass is 431 g/mol. The molecule has 0 aromatic heterocycles. The fourth-order valence-electron chi connectivity index (χ4n) is 2.92. The van der Waals surface area contributed by atoms with Crippen molar-refractivity contribution < 1.29 is 14.3 Å². The zero-order valence-electron chi connectivity index (χ0n) is 17.4. The molecule has 0 spiro atoms. The Morgan fingerprint density at radius 3 is 2.40 bits per heavy atom. The highest BCUT2D eigenvalue weighted by Gasteiger charge is 2.29. The first-order chi connectivity index (χ1) is 13.9. The Morgan fingerprint density at radius 1 is 1.10 bits per heavy atom. The maximum Gasteiger partial charge on any atom is 0.258 e. The Bertz CT molecular complexity index is 851. The maximum absolute atomic E-state index is 12.1. The summed E-state index contributed by atoms with van der Waals surface area (Å²) >= 11 is 0. The molecule has 6 nitrogen and oxygen atoms in total. The fraction of sp³-hybridized carbons (Fsp3) is 0.391. The summed E-state index contributed by atoms with van der Waals surface area (Å²) in [5.74, 6) is 0.929. The Balaban J connectivity index is 0.00000320. The van der Waals surface area contributed by atoms with Crippen LogP contribution in [0.2, 0.25) is 0 Å². The summed E-state index contributed by atoms with van der Waals surface area (Å²) in [6.45, 7) is 4.51. The van der Waals surface area contributed by atoms with E-state index in [-0.39, 0.29) is 42.8 Å². The Hall–Kier alpha value is -2.57. The van der Waals surface area contributed by atoms with Gasteiger partial charge in [0.2, 0.25) is 5.91 Å². The first-order valence-corrected chi connectivity index (χ1v) is 10.1. The van der Waals surface area contributed by atoms with E-state index in [1.54, 1.807) is 24.3 Å². The van der Waals surface area contributed by atoms with E-state index >= 15 is 0 Å². The van der Waals surface area contributed by atoms with Crippen LogP contribution in [0.25, 0.3) is 0 Å². The molecule has 0 radical (unpaired) electrons. The molecule has 2 amide bonds. The minimum Gasteiger partial charge on any atom is -0.484 e. The molecule has 2 aromatic carbocycles. The highest BCUT2D eigenvalue weighted by atomic mass is 35.5. The van der Waals surface area contributed by atoms with Gasteiger partial charge in [0.15, 0.2) is 6.61 Å². The number of carbonyl (C=O) groups excluding carboxylic acids is 2. The lowest BCUT2D eigenvalue weighted by Crippen LogP contribution is -2.35. The van der Waals surface area contributed by atoms with E-state index in [0.29, 0.717) is 23.9 Å². The van der Waals surface area contributed by atoms with Crippen molar-refractivity contribution in [1.82, 2.24) is 5.32 Å². The summed E-state index contributed by atoms with van der Waals surface area (Å²) in [4.78, 5) is 23.9. The smallest absolute Gasteiger partial charge is 0.258 e. The van der Waals surface area contributed by atoms with E-state index < -0.39 is 0 Å². The van der Waals surface area contributed by atoms with Crippen molar-refractivity contribution in [2.24, 2.45) is 11.7 Å². The summed E-state index contributed by atoms with van der Waals surface area (Å²) in [6.07, 6.45) is 1.90. The number of hydrogen-bond donors (Lipinski definition) is 3. The molecule has 0 aliphatic heterocycles. The number of halogens is 1. The maximum atomic E-state index is 12.1. The van der Waals surface area contributed by atoms with Gasteiger partial charge in [-0.3, -0.25) is 9.59 Å². The average Bonchev–Trinajstić information content (AvgIpc) is 3.56. The third-order valence-electron chi connectivity index (χ3n) is 4.97. The van der Waals surface area contributed by atoms with E-state index in [0.717, 1.165) is 18.4 Å². The van der Waals surface area contributed by atoms with Crippen LogP contribution < -0.4 is 21.1 Å². The number of ether oxygens (including phenoxy) is 1. The standard InChI is InChI=1S/C23H29N3O3.ClH/c1-15(2)16-6-8-17(9-7-16)21(24)13-25-22(27)14-29-20-5-3-4-19(12-20)26-23(28)18-10-11-18;/h3-9,12,15,18,21H,10-11,13-14,24H2,1-2H3,(H,25,27)(H,26,28);1H. The van der Waals surface area contributed by atoms with Gasteiger partial charge < -0.3 is 21.1 Å². The fourth-order valence-corrected chi connectivity index (χ4v) is 2.92. The van der Waals surface area contributed by atoms with Crippen LogP contribution in [0.5, 0.6) is 5.75 Å². The Kier molecular flexibility index (Phi) is 8.69. The van der Waals surface area contributed by atoms with Crippen molar-refractivity contribution in [3.8, 4) is 5.75 Å². The molecule has 1 unspecified atom stereocenters. The number of nitrogens with two attached hydrogens (primary N) is 1.